The average molecular weight is 406 g/mol. The standard InChI is InChI=1S/C23H26N4O3/c1-3-30-20-7-5-4-6-16(20)12-24-21(28)13-27-14-25-22-18(23(27)29)11-17-10-15(2)8-9-19(17)26-22/h4-7,11,14-15H,3,8-10,12-13H2,1-2H3,(H,24,28). The Bertz CT molecular complexity index is 1140. The van der Waals surface area contributed by atoms with Gasteiger partial charge in [-0.3, -0.25) is 14.2 Å². The van der Waals surface area contributed by atoms with Gasteiger partial charge in [0.05, 0.1) is 12.0 Å². The highest BCUT2D eigenvalue weighted by Gasteiger charge is 2.19. The Hall–Kier alpha value is -3.22. The van der Waals surface area contributed by atoms with E-state index >= 15 is 0 Å². The van der Waals surface area contributed by atoms with Gasteiger partial charge in [-0.15, -0.1) is 0 Å². The highest BCUT2D eigenvalue weighted by atomic mass is 16.5. The van der Waals surface area contributed by atoms with Crippen molar-refractivity contribution in [3.63, 3.8) is 0 Å². The molecule has 2 aromatic heterocycles. The minimum absolute atomic E-state index is 0.0912. The fourth-order valence-corrected chi connectivity index (χ4v) is 3.89. The maximum atomic E-state index is 12.9. The summed E-state index contributed by atoms with van der Waals surface area (Å²) in [6.07, 6.45) is 4.35. The molecule has 156 valence electrons. The molecule has 1 atom stereocenters. The molecule has 7 nitrogen and oxygen atoms in total. The largest absolute Gasteiger partial charge is 0.494 e. The van der Waals surface area contributed by atoms with Crippen LogP contribution in [0, 0.1) is 5.92 Å². The number of nitrogens with zero attached hydrogens (tertiary/aromatic N) is 3. The monoisotopic (exact) mass is 406 g/mol. The molecule has 0 fully saturated rings. The Morgan fingerprint density at radius 2 is 2.17 bits per heavy atom. The van der Waals surface area contributed by atoms with E-state index in [2.05, 4.69) is 22.2 Å². The molecule has 1 aromatic carbocycles. The molecular formula is C23H26N4O3. The Morgan fingerprint density at radius 3 is 3.00 bits per heavy atom. The number of aromatic nitrogens is 3. The Kier molecular flexibility index (Phi) is 5.79. The molecule has 0 radical (unpaired) electrons. The quantitative estimate of drug-likeness (QED) is 0.680. The van der Waals surface area contributed by atoms with E-state index in [4.69, 9.17) is 4.74 Å². The predicted octanol–water partition coefficient (Wildman–Crippen LogP) is 2.63. The minimum atomic E-state index is -0.260. The zero-order chi connectivity index (χ0) is 21.1. The van der Waals surface area contributed by atoms with Crippen LogP contribution in [0.25, 0.3) is 11.0 Å². The molecule has 3 aromatic rings. The van der Waals surface area contributed by atoms with E-state index in [9.17, 15) is 9.59 Å². The van der Waals surface area contributed by atoms with Crippen LogP contribution in [-0.2, 0) is 30.7 Å². The van der Waals surface area contributed by atoms with Crippen LogP contribution in [0.1, 0.15) is 37.1 Å². The molecule has 0 saturated heterocycles. The molecule has 1 aliphatic carbocycles. The number of nitrogens with one attached hydrogen (secondary N) is 1. The third-order valence-corrected chi connectivity index (χ3v) is 5.49. The number of amides is 1. The van der Waals surface area contributed by atoms with Crippen LogP contribution < -0.4 is 15.6 Å². The van der Waals surface area contributed by atoms with Crippen molar-refractivity contribution >= 4 is 16.9 Å². The lowest BCUT2D eigenvalue weighted by Crippen LogP contribution is -2.32. The van der Waals surface area contributed by atoms with E-state index in [0.717, 1.165) is 41.8 Å². The number of hydrogen-bond donors (Lipinski definition) is 1. The topological polar surface area (TPSA) is 86.1 Å². The van der Waals surface area contributed by atoms with Crippen molar-refractivity contribution in [3.8, 4) is 5.75 Å². The van der Waals surface area contributed by atoms with Gasteiger partial charge in [0.2, 0.25) is 5.91 Å². The molecule has 0 aliphatic heterocycles. The third kappa shape index (κ3) is 4.20. The number of para-hydroxylation sites is 1. The second kappa shape index (κ2) is 8.65. The van der Waals surface area contributed by atoms with Gasteiger partial charge in [-0.1, -0.05) is 25.1 Å². The van der Waals surface area contributed by atoms with Gasteiger partial charge in [-0.2, -0.15) is 0 Å². The summed E-state index contributed by atoms with van der Waals surface area (Å²) in [4.78, 5) is 34.3. The van der Waals surface area contributed by atoms with Crippen LogP contribution in [0.5, 0.6) is 5.75 Å². The van der Waals surface area contributed by atoms with Crippen molar-refractivity contribution in [1.29, 1.82) is 0 Å². The van der Waals surface area contributed by atoms with Gasteiger partial charge >= 0.3 is 0 Å². The zero-order valence-corrected chi connectivity index (χ0v) is 17.4. The van der Waals surface area contributed by atoms with Gasteiger partial charge in [-0.25, -0.2) is 9.97 Å². The number of benzene rings is 1. The smallest absolute Gasteiger partial charge is 0.263 e. The number of ether oxygens (including phenoxy) is 1. The molecule has 0 spiro atoms. The number of aryl methyl sites for hydroxylation is 1. The van der Waals surface area contributed by atoms with Crippen molar-refractivity contribution in [2.75, 3.05) is 6.61 Å². The van der Waals surface area contributed by atoms with E-state index in [1.54, 1.807) is 0 Å². The van der Waals surface area contributed by atoms with E-state index in [1.165, 1.54) is 10.9 Å². The highest BCUT2D eigenvalue weighted by molar-refractivity contribution is 5.77. The molecule has 2 heterocycles. The molecule has 1 N–H and O–H groups in total. The van der Waals surface area contributed by atoms with Gasteiger partial charge in [-0.05, 0) is 49.8 Å². The van der Waals surface area contributed by atoms with Crippen molar-refractivity contribution in [2.45, 2.75) is 46.2 Å². The van der Waals surface area contributed by atoms with Crippen LogP contribution in [0.3, 0.4) is 0 Å². The van der Waals surface area contributed by atoms with Gasteiger partial charge in [0, 0.05) is 17.8 Å². The fourth-order valence-electron chi connectivity index (χ4n) is 3.89. The van der Waals surface area contributed by atoms with Gasteiger partial charge in [0.1, 0.15) is 18.6 Å². The lowest BCUT2D eigenvalue weighted by molar-refractivity contribution is -0.121. The molecule has 1 unspecified atom stereocenters. The van der Waals surface area contributed by atoms with Crippen LogP contribution in [0.4, 0.5) is 0 Å². The maximum absolute atomic E-state index is 12.9. The first-order valence-corrected chi connectivity index (χ1v) is 10.4. The van der Waals surface area contributed by atoms with Gasteiger partial charge in [0.15, 0.2) is 5.65 Å². The third-order valence-electron chi connectivity index (χ3n) is 5.49. The van der Waals surface area contributed by atoms with E-state index in [1.807, 2.05) is 37.3 Å². The molecular weight excluding hydrogens is 380 g/mol. The first kappa shape index (κ1) is 20.1. The number of rotatable bonds is 6. The van der Waals surface area contributed by atoms with E-state index in [0.29, 0.717) is 30.1 Å². The fraction of sp³-hybridized carbons (Fsp3) is 0.391. The highest BCUT2D eigenvalue weighted by Crippen LogP contribution is 2.25. The van der Waals surface area contributed by atoms with Crippen molar-refractivity contribution in [3.05, 3.63) is 63.8 Å². The lowest BCUT2D eigenvalue weighted by Gasteiger charge is -2.20. The molecule has 1 amide bonds. The number of carbonyl (C=O) groups excluding carboxylic acids is 1. The van der Waals surface area contributed by atoms with Crippen molar-refractivity contribution < 1.29 is 9.53 Å². The summed E-state index contributed by atoms with van der Waals surface area (Å²) in [5, 5.41) is 3.33. The summed E-state index contributed by atoms with van der Waals surface area (Å²) in [5.41, 5.74) is 3.27. The summed E-state index contributed by atoms with van der Waals surface area (Å²) < 4.78 is 6.92. The Labute approximate surface area is 175 Å². The van der Waals surface area contributed by atoms with E-state index in [-0.39, 0.29) is 18.0 Å². The molecule has 30 heavy (non-hydrogen) atoms. The first-order valence-electron chi connectivity index (χ1n) is 10.4. The summed E-state index contributed by atoms with van der Waals surface area (Å²) in [5.74, 6) is 1.07. The summed E-state index contributed by atoms with van der Waals surface area (Å²) in [6, 6.07) is 9.48. The normalized spacial score (nSPS) is 15.6. The summed E-state index contributed by atoms with van der Waals surface area (Å²) in [6.45, 7) is 4.92. The van der Waals surface area contributed by atoms with Crippen LogP contribution in [-0.4, -0.2) is 27.0 Å². The maximum Gasteiger partial charge on any atom is 0.263 e. The zero-order valence-electron chi connectivity index (χ0n) is 17.4. The molecule has 0 saturated carbocycles. The van der Waals surface area contributed by atoms with Crippen LogP contribution in [0.2, 0.25) is 0 Å². The van der Waals surface area contributed by atoms with Crippen molar-refractivity contribution in [1.82, 2.24) is 19.9 Å². The average Bonchev–Trinajstić information content (AvgIpc) is 2.74. The molecule has 4 rings (SSSR count). The SMILES string of the molecule is CCOc1ccccc1CNC(=O)Cn1cnc2nc3c(cc2c1=O)CC(C)CC3. The number of carbonyl (C=O) groups is 1. The van der Waals surface area contributed by atoms with Crippen LogP contribution in [0.15, 0.2) is 41.5 Å². The Balaban J connectivity index is 1.50. The van der Waals surface area contributed by atoms with Gasteiger partial charge < -0.3 is 10.1 Å². The first-order chi connectivity index (χ1) is 14.5. The number of hydrogen-bond acceptors (Lipinski definition) is 5. The van der Waals surface area contributed by atoms with E-state index < -0.39 is 0 Å². The summed E-state index contributed by atoms with van der Waals surface area (Å²) in [7, 11) is 0. The van der Waals surface area contributed by atoms with Crippen LogP contribution >= 0.6 is 0 Å². The number of fused-ring (bicyclic) bond motifs is 2. The molecule has 0 bridgehead atoms. The summed E-state index contributed by atoms with van der Waals surface area (Å²) >= 11 is 0. The minimum Gasteiger partial charge on any atom is -0.494 e. The molecule has 1 aliphatic rings. The second-order valence-corrected chi connectivity index (χ2v) is 7.81. The molecule has 7 heteroatoms. The predicted molar refractivity (Wildman–Crippen MR) is 114 cm³/mol. The Morgan fingerprint density at radius 1 is 1.33 bits per heavy atom. The lowest BCUT2D eigenvalue weighted by atomic mass is 9.87. The van der Waals surface area contributed by atoms with Gasteiger partial charge in [0.25, 0.3) is 5.56 Å². The van der Waals surface area contributed by atoms with Crippen molar-refractivity contribution in [2.24, 2.45) is 5.92 Å². The number of pyridine rings is 1. The second-order valence-electron chi connectivity index (χ2n) is 7.81.